The average Bonchev–Trinajstić information content (AvgIpc) is 2.44. The molecule has 0 bridgehead atoms. The highest BCUT2D eigenvalue weighted by atomic mass is 16.2. The molecule has 4 heteroatoms. The van der Waals surface area contributed by atoms with E-state index >= 15 is 0 Å². The normalized spacial score (nSPS) is 21.8. The van der Waals surface area contributed by atoms with Crippen molar-refractivity contribution in [2.24, 2.45) is 0 Å². The lowest BCUT2D eigenvalue weighted by Gasteiger charge is -2.18. The van der Waals surface area contributed by atoms with Gasteiger partial charge < -0.3 is 10.2 Å². The number of likely N-dealkylation sites (tertiary alicyclic amines) is 1. The van der Waals surface area contributed by atoms with Crippen molar-refractivity contribution >= 4 is 11.8 Å². The van der Waals surface area contributed by atoms with Gasteiger partial charge in [-0.15, -0.1) is 6.58 Å². The number of hydrogen-bond donors (Lipinski definition) is 1. The summed E-state index contributed by atoms with van der Waals surface area (Å²) in [7, 11) is 1.66. The topological polar surface area (TPSA) is 49.4 Å². The maximum absolute atomic E-state index is 11.4. The Morgan fingerprint density at radius 3 is 3.00 bits per heavy atom. The predicted octanol–water partition coefficient (Wildman–Crippen LogP) is -0.0906. The molecular formula is C9H14N2O2. The van der Waals surface area contributed by atoms with E-state index in [1.165, 1.54) is 4.90 Å². The molecule has 1 N–H and O–H groups in total. The second-order valence-corrected chi connectivity index (χ2v) is 3.09. The molecule has 0 unspecified atom stereocenters. The van der Waals surface area contributed by atoms with Crippen molar-refractivity contribution in [2.45, 2.75) is 18.9 Å². The smallest absolute Gasteiger partial charge is 0.243 e. The first-order valence-corrected chi connectivity index (χ1v) is 4.31. The molecule has 13 heavy (non-hydrogen) atoms. The standard InChI is InChI=1S/C9H14N2O2/c1-3-6-10-9(13)7-4-5-8(12)11(7)2/h3,7H,1,4-6H2,2H3,(H,10,13)/t7-/m0/s1. The van der Waals surface area contributed by atoms with E-state index in [4.69, 9.17) is 0 Å². The zero-order valence-corrected chi connectivity index (χ0v) is 7.75. The van der Waals surface area contributed by atoms with Crippen molar-refractivity contribution in [3.63, 3.8) is 0 Å². The van der Waals surface area contributed by atoms with Crippen LogP contribution in [-0.4, -0.2) is 36.3 Å². The third-order valence-corrected chi connectivity index (χ3v) is 2.22. The van der Waals surface area contributed by atoms with Crippen LogP contribution in [0.15, 0.2) is 12.7 Å². The van der Waals surface area contributed by atoms with Crippen molar-refractivity contribution in [1.29, 1.82) is 0 Å². The number of carbonyl (C=O) groups is 2. The summed E-state index contributed by atoms with van der Waals surface area (Å²) in [6, 6.07) is -0.285. The lowest BCUT2D eigenvalue weighted by Crippen LogP contribution is -2.42. The van der Waals surface area contributed by atoms with Gasteiger partial charge in [0, 0.05) is 20.0 Å². The van der Waals surface area contributed by atoms with Crippen LogP contribution in [0, 0.1) is 0 Å². The van der Waals surface area contributed by atoms with E-state index in [0.29, 0.717) is 19.4 Å². The van der Waals surface area contributed by atoms with E-state index in [0.717, 1.165) is 0 Å². The number of likely N-dealkylation sites (N-methyl/N-ethyl adjacent to an activating group) is 1. The molecule has 1 aliphatic rings. The van der Waals surface area contributed by atoms with Crippen molar-refractivity contribution < 1.29 is 9.59 Å². The van der Waals surface area contributed by atoms with Gasteiger partial charge in [0.25, 0.3) is 0 Å². The van der Waals surface area contributed by atoms with Crippen molar-refractivity contribution in [3.8, 4) is 0 Å². The van der Waals surface area contributed by atoms with Crippen LogP contribution in [-0.2, 0) is 9.59 Å². The molecule has 1 aliphatic heterocycles. The highest BCUT2D eigenvalue weighted by Crippen LogP contribution is 2.15. The molecule has 0 spiro atoms. The van der Waals surface area contributed by atoms with Crippen LogP contribution in [0.2, 0.25) is 0 Å². The minimum Gasteiger partial charge on any atom is -0.351 e. The maximum Gasteiger partial charge on any atom is 0.243 e. The molecule has 0 radical (unpaired) electrons. The summed E-state index contributed by atoms with van der Waals surface area (Å²) < 4.78 is 0. The third-order valence-electron chi connectivity index (χ3n) is 2.22. The van der Waals surface area contributed by atoms with Crippen molar-refractivity contribution in [2.75, 3.05) is 13.6 Å². The van der Waals surface area contributed by atoms with Crippen LogP contribution < -0.4 is 5.32 Å². The SMILES string of the molecule is C=CCNC(=O)[C@@H]1CCC(=O)N1C. The molecule has 1 heterocycles. The van der Waals surface area contributed by atoms with Crippen molar-refractivity contribution in [1.82, 2.24) is 10.2 Å². The van der Waals surface area contributed by atoms with Gasteiger partial charge in [-0.1, -0.05) is 6.08 Å². The van der Waals surface area contributed by atoms with Crippen molar-refractivity contribution in [3.05, 3.63) is 12.7 Å². The number of hydrogen-bond acceptors (Lipinski definition) is 2. The predicted molar refractivity (Wildman–Crippen MR) is 49.0 cm³/mol. The van der Waals surface area contributed by atoms with E-state index in [1.54, 1.807) is 13.1 Å². The molecule has 2 amide bonds. The molecule has 0 aromatic heterocycles. The third kappa shape index (κ3) is 2.08. The molecule has 1 atom stereocenters. The highest BCUT2D eigenvalue weighted by Gasteiger charge is 2.32. The van der Waals surface area contributed by atoms with Crippen LogP contribution in [0.4, 0.5) is 0 Å². The second kappa shape index (κ2) is 4.07. The first kappa shape index (κ1) is 9.77. The van der Waals surface area contributed by atoms with Crippen LogP contribution in [0.3, 0.4) is 0 Å². The fraction of sp³-hybridized carbons (Fsp3) is 0.556. The fourth-order valence-corrected chi connectivity index (χ4v) is 1.40. The Hall–Kier alpha value is -1.32. The number of carbonyl (C=O) groups excluding carboxylic acids is 2. The summed E-state index contributed by atoms with van der Waals surface area (Å²) in [5, 5.41) is 2.67. The molecule has 1 saturated heterocycles. The monoisotopic (exact) mass is 182 g/mol. The minimum atomic E-state index is -0.285. The first-order valence-electron chi connectivity index (χ1n) is 4.31. The Kier molecular flexibility index (Phi) is 3.06. The quantitative estimate of drug-likeness (QED) is 0.620. The molecular weight excluding hydrogens is 168 g/mol. The zero-order chi connectivity index (χ0) is 9.84. The van der Waals surface area contributed by atoms with E-state index < -0.39 is 0 Å². The second-order valence-electron chi connectivity index (χ2n) is 3.09. The molecule has 0 aromatic rings. The van der Waals surface area contributed by atoms with Gasteiger partial charge in [0.2, 0.25) is 11.8 Å². The summed E-state index contributed by atoms with van der Waals surface area (Å²) in [4.78, 5) is 24.0. The molecule has 1 fully saturated rings. The Morgan fingerprint density at radius 1 is 1.85 bits per heavy atom. The van der Waals surface area contributed by atoms with Gasteiger partial charge in [-0.05, 0) is 6.42 Å². The zero-order valence-electron chi connectivity index (χ0n) is 7.75. The lowest BCUT2D eigenvalue weighted by atomic mass is 10.2. The van der Waals surface area contributed by atoms with E-state index in [2.05, 4.69) is 11.9 Å². The van der Waals surface area contributed by atoms with Crippen LogP contribution in [0.1, 0.15) is 12.8 Å². The van der Waals surface area contributed by atoms with Gasteiger partial charge in [-0.3, -0.25) is 9.59 Å². The first-order chi connectivity index (χ1) is 6.16. The number of nitrogens with zero attached hydrogens (tertiary/aromatic N) is 1. The summed E-state index contributed by atoms with van der Waals surface area (Å²) in [5.41, 5.74) is 0. The van der Waals surface area contributed by atoms with Gasteiger partial charge >= 0.3 is 0 Å². The Balaban J connectivity index is 2.48. The van der Waals surface area contributed by atoms with Gasteiger partial charge in [0.15, 0.2) is 0 Å². The van der Waals surface area contributed by atoms with Crippen LogP contribution in [0.5, 0.6) is 0 Å². The summed E-state index contributed by atoms with van der Waals surface area (Å²) in [6.07, 6.45) is 2.72. The molecule has 0 saturated carbocycles. The molecule has 1 rings (SSSR count). The van der Waals surface area contributed by atoms with E-state index in [1.807, 2.05) is 0 Å². The van der Waals surface area contributed by atoms with Crippen LogP contribution >= 0.6 is 0 Å². The van der Waals surface area contributed by atoms with E-state index in [-0.39, 0.29) is 17.9 Å². The van der Waals surface area contributed by atoms with Gasteiger partial charge in [-0.2, -0.15) is 0 Å². The van der Waals surface area contributed by atoms with E-state index in [9.17, 15) is 9.59 Å². The van der Waals surface area contributed by atoms with Crippen LogP contribution in [0.25, 0.3) is 0 Å². The number of rotatable bonds is 3. The summed E-state index contributed by atoms with van der Waals surface area (Å²) in [5.74, 6) is -0.0491. The minimum absolute atomic E-state index is 0.0405. The maximum atomic E-state index is 11.4. The highest BCUT2D eigenvalue weighted by molar-refractivity contribution is 5.90. The molecule has 4 nitrogen and oxygen atoms in total. The average molecular weight is 182 g/mol. The molecule has 72 valence electrons. The number of nitrogens with one attached hydrogen (secondary N) is 1. The van der Waals surface area contributed by atoms with Gasteiger partial charge in [0.05, 0.1) is 0 Å². The lowest BCUT2D eigenvalue weighted by molar-refractivity contribution is -0.133. The van der Waals surface area contributed by atoms with Gasteiger partial charge in [0.1, 0.15) is 6.04 Å². The Morgan fingerprint density at radius 2 is 2.54 bits per heavy atom. The number of amides is 2. The Bertz CT molecular complexity index is 238. The fourth-order valence-electron chi connectivity index (χ4n) is 1.40. The largest absolute Gasteiger partial charge is 0.351 e. The summed E-state index contributed by atoms with van der Waals surface area (Å²) in [6.45, 7) is 3.95. The van der Waals surface area contributed by atoms with Gasteiger partial charge in [-0.25, -0.2) is 0 Å². The molecule has 0 aliphatic carbocycles. The molecule has 0 aromatic carbocycles. The summed E-state index contributed by atoms with van der Waals surface area (Å²) >= 11 is 0. The Labute approximate surface area is 77.6 Å².